The summed E-state index contributed by atoms with van der Waals surface area (Å²) in [7, 11) is 0. The van der Waals surface area contributed by atoms with Crippen molar-refractivity contribution < 1.29 is 9.21 Å². The van der Waals surface area contributed by atoms with Crippen LogP contribution in [0.1, 0.15) is 17.7 Å². The van der Waals surface area contributed by atoms with Crippen molar-refractivity contribution in [1.82, 2.24) is 10.6 Å². The molecule has 0 saturated heterocycles. The molecule has 1 aromatic carbocycles. The predicted molar refractivity (Wildman–Crippen MR) is 86.1 cm³/mol. The van der Waals surface area contributed by atoms with Gasteiger partial charge in [-0.1, -0.05) is 29.8 Å². The first-order chi connectivity index (χ1) is 10.1. The molecule has 1 aromatic heterocycles. The normalized spacial score (nSPS) is 10.1. The van der Waals surface area contributed by atoms with Crippen LogP contribution in [0.5, 0.6) is 0 Å². The summed E-state index contributed by atoms with van der Waals surface area (Å²) < 4.78 is 5.16. The number of amides is 1. The number of halogens is 1. The molecule has 0 aliphatic rings. The number of rotatable bonds is 5. The molecule has 0 unspecified atom stereocenters. The maximum Gasteiger partial charge on any atom is 0.226 e. The molecule has 0 spiro atoms. The number of hydrogen-bond acceptors (Lipinski definition) is 3. The topological polar surface area (TPSA) is 54.3 Å². The van der Waals surface area contributed by atoms with Gasteiger partial charge in [0.25, 0.3) is 0 Å². The molecule has 0 atom stereocenters. The molecule has 2 N–H and O–H groups in total. The second kappa shape index (κ2) is 7.81. The fourth-order valence-electron chi connectivity index (χ4n) is 1.76. The summed E-state index contributed by atoms with van der Waals surface area (Å²) in [6, 6.07) is 11.1. The van der Waals surface area contributed by atoms with E-state index >= 15 is 0 Å². The van der Waals surface area contributed by atoms with Gasteiger partial charge >= 0.3 is 0 Å². The van der Waals surface area contributed by atoms with E-state index < -0.39 is 0 Å². The first-order valence-corrected chi connectivity index (χ1v) is 7.27. The summed E-state index contributed by atoms with van der Waals surface area (Å²) in [6.07, 6.45) is 2.49. The average Bonchev–Trinajstić information content (AvgIpc) is 2.97. The summed E-state index contributed by atoms with van der Waals surface area (Å²) in [5, 5.41) is 6.49. The number of hydrogen-bond donors (Lipinski definition) is 2. The molecule has 0 radical (unpaired) electrons. The van der Waals surface area contributed by atoms with Gasteiger partial charge in [-0.05, 0) is 42.4 Å². The Morgan fingerprint density at radius 2 is 2.05 bits per heavy atom. The maximum absolute atomic E-state index is 11.8. The predicted octanol–water partition coefficient (Wildman–Crippen LogP) is 3.06. The highest BCUT2D eigenvalue weighted by atomic mass is 35.5. The largest absolute Gasteiger partial charge is 0.467 e. The molecule has 2 aromatic rings. The fraction of sp³-hybridized carbons (Fsp3) is 0.200. The van der Waals surface area contributed by atoms with Crippen molar-refractivity contribution >= 4 is 34.8 Å². The summed E-state index contributed by atoms with van der Waals surface area (Å²) in [5.41, 5.74) is 0.948. The molecule has 2 rings (SSSR count). The molecule has 0 bridgehead atoms. The number of aryl methyl sites for hydroxylation is 1. The zero-order valence-electron chi connectivity index (χ0n) is 11.3. The molecule has 21 heavy (non-hydrogen) atoms. The van der Waals surface area contributed by atoms with Crippen molar-refractivity contribution in [3.8, 4) is 0 Å². The molecule has 0 aliphatic carbocycles. The van der Waals surface area contributed by atoms with Gasteiger partial charge in [0.05, 0.1) is 12.8 Å². The summed E-state index contributed by atoms with van der Waals surface area (Å²) >= 11 is 11.1. The number of carbonyl (C=O) groups excluding carboxylic acids is 1. The van der Waals surface area contributed by atoms with E-state index in [9.17, 15) is 4.79 Å². The number of thiocarbonyl (C=S) groups is 1. The third-order valence-corrected chi connectivity index (χ3v) is 3.45. The molecule has 1 amide bonds. The molecule has 1 heterocycles. The highest BCUT2D eigenvalue weighted by Gasteiger charge is 2.07. The van der Waals surface area contributed by atoms with E-state index in [1.165, 1.54) is 0 Å². The third kappa shape index (κ3) is 5.21. The molecule has 0 saturated carbocycles. The minimum atomic E-state index is -0.146. The van der Waals surface area contributed by atoms with Crippen molar-refractivity contribution in [3.63, 3.8) is 0 Å². The fourth-order valence-corrected chi connectivity index (χ4v) is 2.18. The van der Waals surface area contributed by atoms with Gasteiger partial charge < -0.3 is 15.1 Å². The number of benzene rings is 1. The van der Waals surface area contributed by atoms with Gasteiger partial charge in [-0.15, -0.1) is 0 Å². The standard InChI is InChI=1S/C15H15ClN2O2S/c16-13-6-2-1-4-11(13)7-8-14(19)18-15(21)17-10-12-5-3-9-20-12/h1-6,9H,7-8,10H2,(H2,17,18,19,21). The lowest BCUT2D eigenvalue weighted by atomic mass is 10.1. The second-order valence-electron chi connectivity index (χ2n) is 4.40. The van der Waals surface area contributed by atoms with E-state index in [0.717, 1.165) is 11.3 Å². The Balaban J connectivity index is 1.71. The van der Waals surface area contributed by atoms with E-state index in [2.05, 4.69) is 10.6 Å². The van der Waals surface area contributed by atoms with E-state index in [0.29, 0.717) is 24.4 Å². The quantitative estimate of drug-likeness (QED) is 0.831. The Morgan fingerprint density at radius 1 is 1.24 bits per heavy atom. The van der Waals surface area contributed by atoms with Crippen molar-refractivity contribution in [2.75, 3.05) is 0 Å². The van der Waals surface area contributed by atoms with Crippen LogP contribution >= 0.6 is 23.8 Å². The summed E-state index contributed by atoms with van der Waals surface area (Å²) in [5.74, 6) is 0.606. The minimum absolute atomic E-state index is 0.146. The van der Waals surface area contributed by atoms with Crippen molar-refractivity contribution in [1.29, 1.82) is 0 Å². The zero-order chi connectivity index (χ0) is 15.1. The van der Waals surface area contributed by atoms with Crippen LogP contribution < -0.4 is 10.6 Å². The van der Waals surface area contributed by atoms with Crippen molar-refractivity contribution in [2.45, 2.75) is 19.4 Å². The second-order valence-corrected chi connectivity index (χ2v) is 5.22. The molecular formula is C15H15ClN2O2S. The third-order valence-electron chi connectivity index (χ3n) is 2.84. The van der Waals surface area contributed by atoms with Crippen LogP contribution in [0.25, 0.3) is 0 Å². The van der Waals surface area contributed by atoms with Crippen LogP contribution in [0, 0.1) is 0 Å². The van der Waals surface area contributed by atoms with Crippen LogP contribution in [0.2, 0.25) is 5.02 Å². The monoisotopic (exact) mass is 322 g/mol. The highest BCUT2D eigenvalue weighted by Crippen LogP contribution is 2.16. The minimum Gasteiger partial charge on any atom is -0.467 e. The summed E-state index contributed by atoms with van der Waals surface area (Å²) in [4.78, 5) is 11.8. The molecule has 0 aliphatic heterocycles. The first kappa shape index (κ1) is 15.5. The van der Waals surface area contributed by atoms with Gasteiger partial charge in [0, 0.05) is 11.4 Å². The Morgan fingerprint density at radius 3 is 2.76 bits per heavy atom. The van der Waals surface area contributed by atoms with Crippen LogP contribution in [-0.2, 0) is 17.8 Å². The van der Waals surface area contributed by atoms with E-state index in [4.69, 9.17) is 28.2 Å². The molecule has 0 fully saturated rings. The zero-order valence-corrected chi connectivity index (χ0v) is 12.8. The van der Waals surface area contributed by atoms with Gasteiger partial charge in [-0.25, -0.2) is 0 Å². The van der Waals surface area contributed by atoms with Gasteiger partial charge in [-0.2, -0.15) is 0 Å². The van der Waals surface area contributed by atoms with Crippen LogP contribution in [0.15, 0.2) is 47.1 Å². The van der Waals surface area contributed by atoms with Gasteiger partial charge in [0.2, 0.25) is 5.91 Å². The highest BCUT2D eigenvalue weighted by molar-refractivity contribution is 7.80. The molecule has 4 nitrogen and oxygen atoms in total. The van der Waals surface area contributed by atoms with Gasteiger partial charge in [0.1, 0.15) is 5.76 Å². The van der Waals surface area contributed by atoms with Crippen molar-refractivity contribution in [2.24, 2.45) is 0 Å². The number of nitrogens with one attached hydrogen (secondary N) is 2. The lowest BCUT2D eigenvalue weighted by Gasteiger charge is -2.08. The van der Waals surface area contributed by atoms with Crippen LogP contribution in [0.3, 0.4) is 0 Å². The Labute approximate surface area is 133 Å². The average molecular weight is 323 g/mol. The van der Waals surface area contributed by atoms with Crippen molar-refractivity contribution in [3.05, 3.63) is 59.0 Å². The maximum atomic E-state index is 11.8. The number of furan rings is 1. The lowest BCUT2D eigenvalue weighted by Crippen LogP contribution is -2.38. The smallest absolute Gasteiger partial charge is 0.226 e. The Kier molecular flexibility index (Phi) is 5.78. The van der Waals surface area contributed by atoms with Crippen LogP contribution in [0.4, 0.5) is 0 Å². The van der Waals surface area contributed by atoms with Gasteiger partial charge in [0.15, 0.2) is 5.11 Å². The van der Waals surface area contributed by atoms with E-state index in [-0.39, 0.29) is 11.0 Å². The van der Waals surface area contributed by atoms with E-state index in [1.807, 2.05) is 30.3 Å². The van der Waals surface area contributed by atoms with Gasteiger partial charge in [-0.3, -0.25) is 4.79 Å². The number of carbonyl (C=O) groups is 1. The first-order valence-electron chi connectivity index (χ1n) is 6.48. The molecule has 110 valence electrons. The van der Waals surface area contributed by atoms with E-state index in [1.54, 1.807) is 12.3 Å². The van der Waals surface area contributed by atoms with Crippen LogP contribution in [-0.4, -0.2) is 11.0 Å². The Hall–Kier alpha value is -1.85. The SMILES string of the molecule is O=C(CCc1ccccc1Cl)NC(=S)NCc1ccco1. The lowest BCUT2D eigenvalue weighted by molar-refractivity contribution is -0.119. The Bertz CT molecular complexity index is 614. The summed E-state index contributed by atoms with van der Waals surface area (Å²) in [6.45, 7) is 0.441. The molecular weight excluding hydrogens is 308 g/mol. The molecule has 6 heteroatoms.